The molecule has 0 bridgehead atoms. The molecule has 0 saturated heterocycles. The molecule has 1 aromatic heterocycles. The quantitative estimate of drug-likeness (QED) is 0.742. The fourth-order valence-electron chi connectivity index (χ4n) is 2.22. The number of carbonyl (C=O) groups excluding carboxylic acids is 1. The number of aromatic nitrogens is 2. The molecule has 1 heterocycles. The van der Waals surface area contributed by atoms with Crippen molar-refractivity contribution in [2.24, 2.45) is 5.92 Å². The number of ketones is 1. The molecular weight excluding hydrogens is 248 g/mol. The third kappa shape index (κ3) is 3.83. The molecule has 18 heavy (non-hydrogen) atoms. The standard InChI is InChI=1S/C13H20N2O2S/c1-2-7-18-9-12-14-13(17-15-12)8-10-5-3-4-6-11(10)16/h10H,2-9H2,1H3. The van der Waals surface area contributed by atoms with E-state index in [1.807, 2.05) is 11.8 Å². The Morgan fingerprint density at radius 1 is 1.44 bits per heavy atom. The molecule has 1 atom stereocenters. The van der Waals surface area contributed by atoms with Crippen LogP contribution in [-0.4, -0.2) is 21.7 Å². The number of rotatable bonds is 6. The van der Waals surface area contributed by atoms with Gasteiger partial charge in [-0.15, -0.1) is 0 Å². The lowest BCUT2D eigenvalue weighted by atomic mass is 9.86. The van der Waals surface area contributed by atoms with Crippen LogP contribution in [0.3, 0.4) is 0 Å². The van der Waals surface area contributed by atoms with E-state index >= 15 is 0 Å². The lowest BCUT2D eigenvalue weighted by Crippen LogP contribution is -2.21. The van der Waals surface area contributed by atoms with Crippen molar-refractivity contribution in [2.75, 3.05) is 5.75 Å². The number of nitrogens with zero attached hydrogens (tertiary/aromatic N) is 2. The minimum atomic E-state index is 0.107. The first-order chi connectivity index (χ1) is 8.79. The van der Waals surface area contributed by atoms with Gasteiger partial charge in [0, 0.05) is 18.8 Å². The monoisotopic (exact) mass is 268 g/mol. The maximum Gasteiger partial charge on any atom is 0.227 e. The van der Waals surface area contributed by atoms with E-state index in [4.69, 9.17) is 4.52 Å². The molecule has 4 nitrogen and oxygen atoms in total. The Kier molecular flexibility index (Phi) is 5.23. The Balaban J connectivity index is 1.83. The van der Waals surface area contributed by atoms with Gasteiger partial charge in [0.15, 0.2) is 5.82 Å². The zero-order valence-corrected chi connectivity index (χ0v) is 11.7. The third-order valence-electron chi connectivity index (χ3n) is 3.19. The summed E-state index contributed by atoms with van der Waals surface area (Å²) in [6.07, 6.45) is 5.66. The summed E-state index contributed by atoms with van der Waals surface area (Å²) in [4.78, 5) is 16.1. The van der Waals surface area contributed by atoms with Gasteiger partial charge in [-0.25, -0.2) is 0 Å². The summed E-state index contributed by atoms with van der Waals surface area (Å²) in [7, 11) is 0. The Labute approximate surface area is 112 Å². The van der Waals surface area contributed by atoms with Crippen LogP contribution in [-0.2, 0) is 17.0 Å². The van der Waals surface area contributed by atoms with Gasteiger partial charge < -0.3 is 4.52 Å². The number of hydrogen-bond acceptors (Lipinski definition) is 5. The molecule has 1 aliphatic carbocycles. The van der Waals surface area contributed by atoms with Crippen LogP contribution < -0.4 is 0 Å². The maximum absolute atomic E-state index is 11.7. The highest BCUT2D eigenvalue weighted by molar-refractivity contribution is 7.98. The highest BCUT2D eigenvalue weighted by Gasteiger charge is 2.24. The Hall–Kier alpha value is -0.840. The average Bonchev–Trinajstić information content (AvgIpc) is 2.80. The maximum atomic E-state index is 11.7. The van der Waals surface area contributed by atoms with Crippen LogP contribution in [0, 0.1) is 5.92 Å². The van der Waals surface area contributed by atoms with E-state index < -0.39 is 0 Å². The SMILES string of the molecule is CCCSCc1noc(CC2CCCCC2=O)n1. The number of hydrogen-bond donors (Lipinski definition) is 0. The highest BCUT2D eigenvalue weighted by atomic mass is 32.2. The van der Waals surface area contributed by atoms with Crippen LogP contribution in [0.2, 0.25) is 0 Å². The fraction of sp³-hybridized carbons (Fsp3) is 0.769. The van der Waals surface area contributed by atoms with Gasteiger partial charge >= 0.3 is 0 Å². The van der Waals surface area contributed by atoms with E-state index in [-0.39, 0.29) is 5.92 Å². The molecule has 0 amide bonds. The molecule has 1 unspecified atom stereocenters. The Morgan fingerprint density at radius 2 is 2.33 bits per heavy atom. The Bertz CT molecular complexity index is 392. The fourth-order valence-corrected chi connectivity index (χ4v) is 2.95. The van der Waals surface area contributed by atoms with E-state index in [0.717, 1.165) is 49.4 Å². The molecule has 0 aliphatic heterocycles. The second-order valence-corrected chi connectivity index (χ2v) is 5.88. The summed E-state index contributed by atoms with van der Waals surface area (Å²) in [5.74, 6) is 3.77. The molecule has 0 N–H and O–H groups in total. The van der Waals surface area contributed by atoms with Crippen LogP contribution in [0.25, 0.3) is 0 Å². The van der Waals surface area contributed by atoms with Crippen molar-refractivity contribution in [1.29, 1.82) is 0 Å². The van der Waals surface area contributed by atoms with Crippen molar-refractivity contribution in [3.63, 3.8) is 0 Å². The van der Waals surface area contributed by atoms with Gasteiger partial charge in [-0.2, -0.15) is 16.7 Å². The zero-order chi connectivity index (χ0) is 12.8. The molecule has 1 aliphatic rings. The summed E-state index contributed by atoms with van der Waals surface area (Å²) < 4.78 is 5.22. The molecule has 0 spiro atoms. The molecule has 1 saturated carbocycles. The molecular formula is C13H20N2O2S. The van der Waals surface area contributed by atoms with E-state index in [0.29, 0.717) is 18.1 Å². The first-order valence-corrected chi connectivity index (χ1v) is 7.87. The molecule has 1 fully saturated rings. The number of carbonyl (C=O) groups is 1. The molecule has 1 aromatic rings. The summed E-state index contributed by atoms with van der Waals surface area (Å²) in [5, 5.41) is 3.96. The van der Waals surface area contributed by atoms with E-state index in [2.05, 4.69) is 17.1 Å². The smallest absolute Gasteiger partial charge is 0.227 e. The molecule has 100 valence electrons. The summed E-state index contributed by atoms with van der Waals surface area (Å²) >= 11 is 1.81. The Morgan fingerprint density at radius 3 is 3.11 bits per heavy atom. The van der Waals surface area contributed by atoms with E-state index in [9.17, 15) is 4.79 Å². The first-order valence-electron chi connectivity index (χ1n) is 6.71. The van der Waals surface area contributed by atoms with Crippen LogP contribution >= 0.6 is 11.8 Å². The van der Waals surface area contributed by atoms with Crippen LogP contribution in [0.15, 0.2) is 4.52 Å². The van der Waals surface area contributed by atoms with Crippen molar-refractivity contribution < 1.29 is 9.32 Å². The van der Waals surface area contributed by atoms with Crippen molar-refractivity contribution in [3.05, 3.63) is 11.7 Å². The molecule has 0 radical (unpaired) electrons. The number of Topliss-reactive ketones (excluding diaryl/α,β-unsaturated/α-hetero) is 1. The number of thioether (sulfide) groups is 1. The molecule has 5 heteroatoms. The van der Waals surface area contributed by atoms with Crippen molar-refractivity contribution in [1.82, 2.24) is 10.1 Å². The predicted octanol–water partition coefficient (Wildman–Crippen LogP) is 3.01. The molecule has 0 aromatic carbocycles. The lowest BCUT2D eigenvalue weighted by molar-refractivity contribution is -0.124. The summed E-state index contributed by atoms with van der Waals surface area (Å²) in [5.41, 5.74) is 0. The van der Waals surface area contributed by atoms with E-state index in [1.165, 1.54) is 0 Å². The van der Waals surface area contributed by atoms with E-state index in [1.54, 1.807) is 0 Å². The second kappa shape index (κ2) is 6.92. The van der Waals surface area contributed by atoms with Gasteiger partial charge in [0.25, 0.3) is 0 Å². The van der Waals surface area contributed by atoms with Gasteiger partial charge in [-0.3, -0.25) is 4.79 Å². The summed E-state index contributed by atoms with van der Waals surface area (Å²) in [6.45, 7) is 2.16. The van der Waals surface area contributed by atoms with Crippen molar-refractivity contribution in [3.8, 4) is 0 Å². The molecule has 2 rings (SSSR count). The minimum absolute atomic E-state index is 0.107. The third-order valence-corrected chi connectivity index (χ3v) is 4.35. The van der Waals surface area contributed by atoms with Gasteiger partial charge in [-0.05, 0) is 25.0 Å². The summed E-state index contributed by atoms with van der Waals surface area (Å²) in [6, 6.07) is 0. The predicted molar refractivity (Wildman–Crippen MR) is 71.4 cm³/mol. The highest BCUT2D eigenvalue weighted by Crippen LogP contribution is 2.23. The first kappa shape index (κ1) is 13.6. The largest absolute Gasteiger partial charge is 0.339 e. The average molecular weight is 268 g/mol. The lowest BCUT2D eigenvalue weighted by Gasteiger charge is -2.18. The van der Waals surface area contributed by atoms with Crippen LogP contribution in [0.5, 0.6) is 0 Å². The zero-order valence-electron chi connectivity index (χ0n) is 10.9. The normalized spacial score (nSPS) is 20.3. The minimum Gasteiger partial charge on any atom is -0.339 e. The van der Waals surface area contributed by atoms with Gasteiger partial charge in [0.2, 0.25) is 5.89 Å². The van der Waals surface area contributed by atoms with Crippen molar-refractivity contribution in [2.45, 2.75) is 51.2 Å². The topological polar surface area (TPSA) is 56.0 Å². The van der Waals surface area contributed by atoms with Gasteiger partial charge in [0.05, 0.1) is 5.75 Å². The van der Waals surface area contributed by atoms with Crippen LogP contribution in [0.1, 0.15) is 50.7 Å². The van der Waals surface area contributed by atoms with Gasteiger partial charge in [-0.1, -0.05) is 18.5 Å². The van der Waals surface area contributed by atoms with Crippen LogP contribution in [0.4, 0.5) is 0 Å². The second-order valence-electron chi connectivity index (χ2n) is 4.77. The van der Waals surface area contributed by atoms with Gasteiger partial charge in [0.1, 0.15) is 5.78 Å². The van der Waals surface area contributed by atoms with Crippen molar-refractivity contribution >= 4 is 17.5 Å².